The number of rotatable bonds is 6. The third kappa shape index (κ3) is 5.20. The summed E-state index contributed by atoms with van der Waals surface area (Å²) in [6.07, 6.45) is 3.45. The minimum absolute atomic E-state index is 0. The molecule has 0 spiro atoms. The van der Waals surface area contributed by atoms with Crippen LogP contribution in [0.3, 0.4) is 0 Å². The van der Waals surface area contributed by atoms with E-state index in [0.717, 1.165) is 56.0 Å². The summed E-state index contributed by atoms with van der Waals surface area (Å²) in [6, 6.07) is 10.7. The maximum atomic E-state index is 4.87. The Bertz CT molecular complexity index is 778. The van der Waals surface area contributed by atoms with Crippen LogP contribution in [-0.4, -0.2) is 51.0 Å². The molecule has 28 heavy (non-hydrogen) atoms. The zero-order chi connectivity index (χ0) is 18.5. The van der Waals surface area contributed by atoms with E-state index in [1.807, 2.05) is 11.8 Å². The smallest absolute Gasteiger partial charge is 0.194 e. The van der Waals surface area contributed by atoms with Crippen LogP contribution < -0.4 is 5.32 Å². The predicted molar refractivity (Wildman–Crippen MR) is 125 cm³/mol. The molecule has 2 aliphatic rings. The van der Waals surface area contributed by atoms with Crippen molar-refractivity contribution in [2.24, 2.45) is 10.9 Å². The van der Waals surface area contributed by atoms with Gasteiger partial charge in [-0.25, -0.2) is 4.99 Å². The highest BCUT2D eigenvalue weighted by Gasteiger charge is 2.25. The fraction of sp³-hybridized carbons (Fsp3) is 0.550. The van der Waals surface area contributed by atoms with Gasteiger partial charge in [-0.15, -0.1) is 45.9 Å². The van der Waals surface area contributed by atoms with E-state index in [2.05, 4.69) is 62.2 Å². The highest BCUT2D eigenvalue weighted by molar-refractivity contribution is 14.0. The summed E-state index contributed by atoms with van der Waals surface area (Å²) in [7, 11) is 0. The molecule has 1 saturated heterocycles. The van der Waals surface area contributed by atoms with Crippen molar-refractivity contribution >= 4 is 41.7 Å². The third-order valence-corrected chi connectivity index (χ3v) is 6.45. The number of aliphatic imine (C=N–C) groups is 1. The lowest BCUT2D eigenvalue weighted by Crippen LogP contribution is -2.40. The first-order valence-electron chi connectivity index (χ1n) is 9.95. The second kappa shape index (κ2) is 10.5. The fourth-order valence-electron chi connectivity index (χ4n) is 3.79. The van der Waals surface area contributed by atoms with Crippen molar-refractivity contribution in [2.75, 3.05) is 25.4 Å². The number of halogens is 1. The molecular weight excluding hydrogens is 483 g/mol. The van der Waals surface area contributed by atoms with Crippen molar-refractivity contribution < 1.29 is 0 Å². The number of nitrogens with one attached hydrogen (secondary N) is 1. The van der Waals surface area contributed by atoms with Crippen LogP contribution in [0.4, 0.5) is 0 Å². The van der Waals surface area contributed by atoms with Crippen LogP contribution in [0.1, 0.15) is 31.4 Å². The Labute approximate surface area is 188 Å². The summed E-state index contributed by atoms with van der Waals surface area (Å²) < 4.78 is 2.23. The molecule has 1 aromatic heterocycles. The number of thioether (sulfide) groups is 1. The maximum Gasteiger partial charge on any atom is 0.194 e. The average Bonchev–Trinajstić information content (AvgIpc) is 3.42. The summed E-state index contributed by atoms with van der Waals surface area (Å²) in [5, 5.41) is 12.1. The van der Waals surface area contributed by atoms with E-state index in [1.54, 1.807) is 0 Å². The first kappa shape index (κ1) is 21.4. The van der Waals surface area contributed by atoms with E-state index in [9.17, 15) is 0 Å². The van der Waals surface area contributed by atoms with Crippen molar-refractivity contribution in [3.63, 3.8) is 0 Å². The lowest BCUT2D eigenvalue weighted by Gasteiger charge is -2.21. The molecule has 0 radical (unpaired) electrons. The molecule has 1 unspecified atom stereocenters. The largest absolute Gasteiger partial charge is 0.357 e. The third-order valence-electron chi connectivity index (χ3n) is 5.21. The van der Waals surface area contributed by atoms with E-state index in [1.165, 1.54) is 17.7 Å². The number of nitrogens with zero attached hydrogens (tertiary/aromatic N) is 5. The molecule has 0 aliphatic carbocycles. The number of fused-ring (bicyclic) bond motifs is 1. The number of hydrogen-bond donors (Lipinski definition) is 1. The summed E-state index contributed by atoms with van der Waals surface area (Å²) in [5.41, 5.74) is 0. The van der Waals surface area contributed by atoms with Gasteiger partial charge in [0.2, 0.25) is 0 Å². The van der Waals surface area contributed by atoms with Crippen LogP contribution in [0.15, 0.2) is 40.2 Å². The molecule has 2 aliphatic heterocycles. The van der Waals surface area contributed by atoms with Gasteiger partial charge >= 0.3 is 0 Å². The second-order valence-electron chi connectivity index (χ2n) is 7.18. The second-order valence-corrected chi connectivity index (χ2v) is 8.28. The lowest BCUT2D eigenvalue weighted by molar-refractivity contribution is 0.473. The van der Waals surface area contributed by atoms with Gasteiger partial charge in [-0.1, -0.05) is 18.2 Å². The minimum atomic E-state index is 0. The summed E-state index contributed by atoms with van der Waals surface area (Å²) >= 11 is 1.96. The molecule has 8 heteroatoms. The van der Waals surface area contributed by atoms with E-state index < -0.39 is 0 Å². The van der Waals surface area contributed by atoms with Gasteiger partial charge in [0.25, 0.3) is 0 Å². The minimum Gasteiger partial charge on any atom is -0.357 e. The van der Waals surface area contributed by atoms with E-state index in [0.29, 0.717) is 12.5 Å². The average molecular weight is 512 g/mol. The van der Waals surface area contributed by atoms with Crippen LogP contribution >= 0.6 is 35.7 Å². The Morgan fingerprint density at radius 3 is 2.93 bits per heavy atom. The Morgan fingerprint density at radius 1 is 1.25 bits per heavy atom. The van der Waals surface area contributed by atoms with Gasteiger partial charge < -0.3 is 14.8 Å². The van der Waals surface area contributed by atoms with Gasteiger partial charge in [-0.3, -0.25) is 0 Å². The fourth-order valence-corrected chi connectivity index (χ4v) is 4.84. The molecule has 1 atom stereocenters. The van der Waals surface area contributed by atoms with Crippen molar-refractivity contribution in [1.29, 1.82) is 0 Å². The van der Waals surface area contributed by atoms with Crippen molar-refractivity contribution in [3.8, 4) is 0 Å². The Balaban J connectivity index is 0.00000225. The molecule has 2 aromatic rings. The highest BCUT2D eigenvalue weighted by atomic mass is 127. The van der Waals surface area contributed by atoms with Gasteiger partial charge in [-0.2, -0.15) is 0 Å². The molecule has 4 rings (SSSR count). The molecule has 3 heterocycles. The number of hydrogen-bond acceptors (Lipinski definition) is 4. The molecule has 0 saturated carbocycles. The van der Waals surface area contributed by atoms with Crippen LogP contribution in [-0.2, 0) is 19.5 Å². The SMILES string of the molecule is CCNC(=NCc1nnc2n1CCC2)N1CCC(CSc2ccccc2)C1.I. The molecule has 152 valence electrons. The first-order valence-corrected chi connectivity index (χ1v) is 10.9. The monoisotopic (exact) mass is 512 g/mol. The van der Waals surface area contributed by atoms with Crippen molar-refractivity contribution in [1.82, 2.24) is 25.0 Å². The number of benzene rings is 1. The van der Waals surface area contributed by atoms with Gasteiger partial charge in [0.1, 0.15) is 12.4 Å². The standard InChI is InChI=1S/C20H28N6S.HI/c1-2-21-20(22-13-19-24-23-18-9-6-11-26(18)19)25-12-10-16(14-25)15-27-17-7-4-3-5-8-17;/h3-5,7-8,16H,2,6,9-15H2,1H3,(H,21,22);1H. The predicted octanol–water partition coefficient (Wildman–Crippen LogP) is 3.42. The normalized spacial score (nSPS) is 18.8. The van der Waals surface area contributed by atoms with Crippen LogP contribution in [0.2, 0.25) is 0 Å². The van der Waals surface area contributed by atoms with Crippen LogP contribution in [0.5, 0.6) is 0 Å². The van der Waals surface area contributed by atoms with Gasteiger partial charge in [0.05, 0.1) is 0 Å². The summed E-state index contributed by atoms with van der Waals surface area (Å²) in [4.78, 5) is 8.63. The lowest BCUT2D eigenvalue weighted by atomic mass is 10.2. The highest BCUT2D eigenvalue weighted by Crippen LogP contribution is 2.26. The van der Waals surface area contributed by atoms with E-state index >= 15 is 0 Å². The molecule has 0 bridgehead atoms. The van der Waals surface area contributed by atoms with Crippen LogP contribution in [0.25, 0.3) is 0 Å². The number of guanidine groups is 1. The molecular formula is C20H29IN6S. The van der Waals surface area contributed by atoms with Gasteiger partial charge in [0.15, 0.2) is 11.8 Å². The Morgan fingerprint density at radius 2 is 2.11 bits per heavy atom. The van der Waals surface area contributed by atoms with Gasteiger partial charge in [-0.05, 0) is 37.8 Å². The number of aromatic nitrogens is 3. The Hall–Kier alpha value is -1.29. The summed E-state index contributed by atoms with van der Waals surface area (Å²) in [6.45, 7) is 6.80. The van der Waals surface area contributed by atoms with Crippen molar-refractivity contribution in [2.45, 2.75) is 44.2 Å². The maximum absolute atomic E-state index is 4.87. The molecule has 0 amide bonds. The molecule has 6 nitrogen and oxygen atoms in total. The number of aryl methyl sites for hydroxylation is 1. The first-order chi connectivity index (χ1) is 13.3. The van der Waals surface area contributed by atoms with Crippen LogP contribution in [0, 0.1) is 5.92 Å². The molecule has 1 aromatic carbocycles. The topological polar surface area (TPSA) is 58.3 Å². The van der Waals surface area contributed by atoms with Crippen molar-refractivity contribution in [3.05, 3.63) is 42.0 Å². The Kier molecular flexibility index (Phi) is 8.01. The molecule has 1 fully saturated rings. The summed E-state index contributed by atoms with van der Waals surface area (Å²) in [5.74, 6) is 4.99. The van der Waals surface area contributed by atoms with E-state index in [4.69, 9.17) is 4.99 Å². The molecule has 1 N–H and O–H groups in total. The van der Waals surface area contributed by atoms with E-state index in [-0.39, 0.29) is 24.0 Å². The zero-order valence-electron chi connectivity index (χ0n) is 16.4. The number of likely N-dealkylation sites (tertiary alicyclic amines) is 1. The van der Waals surface area contributed by atoms with Gasteiger partial charge in [0, 0.05) is 43.2 Å². The quantitative estimate of drug-likeness (QED) is 0.278. The zero-order valence-corrected chi connectivity index (χ0v) is 19.5.